The lowest BCUT2D eigenvalue weighted by Crippen LogP contribution is -2.06. The van der Waals surface area contributed by atoms with Gasteiger partial charge in [0.05, 0.1) is 6.54 Å². The molecule has 0 fully saturated rings. The monoisotopic (exact) mass is 291 g/mol. The number of hydrogen-bond acceptors (Lipinski definition) is 6. The highest BCUT2D eigenvalue weighted by Crippen LogP contribution is 2.20. The van der Waals surface area contributed by atoms with E-state index in [0.29, 0.717) is 24.9 Å². The van der Waals surface area contributed by atoms with Crippen molar-refractivity contribution in [1.82, 2.24) is 10.1 Å². The van der Waals surface area contributed by atoms with Gasteiger partial charge in [0.2, 0.25) is 11.7 Å². The lowest BCUT2D eigenvalue weighted by Gasteiger charge is -2.11. The molecular weight excluding hydrogens is 270 g/mol. The third-order valence-electron chi connectivity index (χ3n) is 3.00. The number of aromatic hydroxyl groups is 1. The Labute approximate surface area is 124 Å². The summed E-state index contributed by atoms with van der Waals surface area (Å²) in [6.45, 7) is 5.11. The molecule has 2 N–H and O–H groups in total. The predicted octanol–water partition coefficient (Wildman–Crippen LogP) is 3.27. The molecule has 0 aliphatic rings. The summed E-state index contributed by atoms with van der Waals surface area (Å²) in [5.41, 5.74) is 0.877. The molecule has 2 rings (SSSR count). The van der Waals surface area contributed by atoms with Crippen molar-refractivity contribution in [2.24, 2.45) is 0 Å². The van der Waals surface area contributed by atoms with Gasteiger partial charge < -0.3 is 19.7 Å². The number of nitrogens with one attached hydrogen (secondary N) is 1. The number of benzene rings is 1. The minimum absolute atomic E-state index is 0.105. The second-order valence-corrected chi connectivity index (χ2v) is 4.68. The van der Waals surface area contributed by atoms with Crippen molar-refractivity contribution in [3.05, 3.63) is 36.0 Å². The number of anilines is 1. The molecule has 1 aromatic heterocycles. The highest BCUT2D eigenvalue weighted by molar-refractivity contribution is 5.45. The Morgan fingerprint density at radius 3 is 2.71 bits per heavy atom. The zero-order chi connectivity index (χ0) is 15.1. The first-order valence-electron chi connectivity index (χ1n) is 7.20. The van der Waals surface area contributed by atoms with Gasteiger partial charge in [-0.05, 0) is 37.6 Å². The Bertz CT molecular complexity index is 533. The molecule has 0 saturated heterocycles. The zero-order valence-electron chi connectivity index (χ0n) is 12.4. The third-order valence-corrected chi connectivity index (χ3v) is 3.00. The van der Waals surface area contributed by atoms with Gasteiger partial charge in [-0.1, -0.05) is 18.5 Å². The van der Waals surface area contributed by atoms with Crippen molar-refractivity contribution in [1.29, 1.82) is 0 Å². The van der Waals surface area contributed by atoms with Crippen LogP contribution in [0.25, 0.3) is 0 Å². The minimum atomic E-state index is -0.105. The molecule has 0 radical (unpaired) electrons. The Balaban J connectivity index is 1.94. The first-order chi connectivity index (χ1) is 10.2. The highest BCUT2D eigenvalue weighted by atomic mass is 16.5. The van der Waals surface area contributed by atoms with Gasteiger partial charge in [0.25, 0.3) is 0 Å². The van der Waals surface area contributed by atoms with Crippen LogP contribution in [0.4, 0.5) is 5.69 Å². The number of phenols is 1. The molecule has 0 amide bonds. The van der Waals surface area contributed by atoms with Gasteiger partial charge in [-0.25, -0.2) is 0 Å². The highest BCUT2D eigenvalue weighted by Gasteiger charge is 2.17. The Kier molecular flexibility index (Phi) is 5.57. The quantitative estimate of drug-likeness (QED) is 0.727. The largest absolute Gasteiger partial charge is 0.508 e. The maximum absolute atomic E-state index is 9.22. The predicted molar refractivity (Wildman–Crippen MR) is 79.0 cm³/mol. The summed E-state index contributed by atoms with van der Waals surface area (Å²) in [5.74, 6) is 1.35. The molecule has 6 heteroatoms. The first kappa shape index (κ1) is 15.3. The van der Waals surface area contributed by atoms with Gasteiger partial charge in [0.1, 0.15) is 11.9 Å². The van der Waals surface area contributed by atoms with E-state index in [9.17, 15) is 5.11 Å². The van der Waals surface area contributed by atoms with E-state index < -0.39 is 0 Å². The Morgan fingerprint density at radius 2 is 2.05 bits per heavy atom. The fourth-order valence-corrected chi connectivity index (χ4v) is 1.98. The van der Waals surface area contributed by atoms with Crippen LogP contribution >= 0.6 is 0 Å². The number of hydrogen-bond donors (Lipinski definition) is 2. The first-order valence-corrected chi connectivity index (χ1v) is 7.20. The summed E-state index contributed by atoms with van der Waals surface area (Å²) in [5, 5.41) is 16.4. The molecular formula is C15H21N3O3. The SMILES string of the molecule is CCCC(OCC)c1noc(CNc2ccc(O)cc2)n1. The molecule has 0 saturated carbocycles. The number of aromatic nitrogens is 2. The van der Waals surface area contributed by atoms with Gasteiger partial charge in [-0.2, -0.15) is 4.98 Å². The maximum Gasteiger partial charge on any atom is 0.246 e. The smallest absolute Gasteiger partial charge is 0.246 e. The van der Waals surface area contributed by atoms with Gasteiger partial charge in [0.15, 0.2) is 0 Å². The van der Waals surface area contributed by atoms with E-state index in [1.807, 2.05) is 6.92 Å². The van der Waals surface area contributed by atoms with E-state index in [4.69, 9.17) is 9.26 Å². The van der Waals surface area contributed by atoms with E-state index >= 15 is 0 Å². The lowest BCUT2D eigenvalue weighted by molar-refractivity contribution is 0.0478. The summed E-state index contributed by atoms with van der Waals surface area (Å²) >= 11 is 0. The molecule has 0 spiro atoms. The maximum atomic E-state index is 9.22. The van der Waals surface area contributed by atoms with Crippen LogP contribution in [0.5, 0.6) is 5.75 Å². The van der Waals surface area contributed by atoms with Gasteiger partial charge in [0, 0.05) is 12.3 Å². The van der Waals surface area contributed by atoms with Gasteiger partial charge in [-0.3, -0.25) is 0 Å². The molecule has 114 valence electrons. The van der Waals surface area contributed by atoms with Crippen molar-refractivity contribution in [2.75, 3.05) is 11.9 Å². The third kappa shape index (κ3) is 4.46. The molecule has 0 aliphatic heterocycles. The Morgan fingerprint density at radius 1 is 1.29 bits per heavy atom. The Hall–Kier alpha value is -2.08. The molecule has 2 aromatic rings. The van der Waals surface area contributed by atoms with Crippen LogP contribution < -0.4 is 5.32 Å². The lowest BCUT2D eigenvalue weighted by atomic mass is 10.2. The topological polar surface area (TPSA) is 80.4 Å². The van der Waals surface area contributed by atoms with Crippen LogP contribution in [-0.4, -0.2) is 21.9 Å². The van der Waals surface area contributed by atoms with Crippen LogP contribution in [0.15, 0.2) is 28.8 Å². The molecule has 21 heavy (non-hydrogen) atoms. The van der Waals surface area contributed by atoms with Crippen molar-refractivity contribution < 1.29 is 14.4 Å². The number of rotatable bonds is 8. The van der Waals surface area contributed by atoms with Crippen LogP contribution in [0, 0.1) is 0 Å². The molecule has 0 bridgehead atoms. The fourth-order valence-electron chi connectivity index (χ4n) is 1.98. The molecule has 1 heterocycles. The molecule has 1 unspecified atom stereocenters. The molecule has 1 atom stereocenters. The van der Waals surface area contributed by atoms with Gasteiger partial charge >= 0.3 is 0 Å². The number of phenolic OH excluding ortho intramolecular Hbond substituents is 1. The summed E-state index contributed by atoms with van der Waals surface area (Å²) in [4.78, 5) is 4.37. The second-order valence-electron chi connectivity index (χ2n) is 4.68. The minimum Gasteiger partial charge on any atom is -0.508 e. The summed E-state index contributed by atoms with van der Waals surface area (Å²) < 4.78 is 10.9. The second kappa shape index (κ2) is 7.64. The summed E-state index contributed by atoms with van der Waals surface area (Å²) in [6.07, 6.45) is 1.77. The van der Waals surface area contributed by atoms with Crippen LogP contribution in [0.3, 0.4) is 0 Å². The number of nitrogens with zero attached hydrogens (tertiary/aromatic N) is 2. The van der Waals surface area contributed by atoms with E-state index in [-0.39, 0.29) is 11.9 Å². The van der Waals surface area contributed by atoms with E-state index in [2.05, 4.69) is 22.4 Å². The fraction of sp³-hybridized carbons (Fsp3) is 0.467. The van der Waals surface area contributed by atoms with Crippen molar-refractivity contribution in [2.45, 2.75) is 39.3 Å². The number of ether oxygens (including phenoxy) is 1. The summed E-state index contributed by atoms with van der Waals surface area (Å²) in [6, 6.07) is 6.81. The van der Waals surface area contributed by atoms with Crippen LogP contribution in [0.1, 0.15) is 44.5 Å². The molecule has 0 aliphatic carbocycles. The van der Waals surface area contributed by atoms with Crippen LogP contribution in [-0.2, 0) is 11.3 Å². The van der Waals surface area contributed by atoms with Crippen molar-refractivity contribution >= 4 is 5.69 Å². The molecule has 1 aromatic carbocycles. The summed E-state index contributed by atoms with van der Waals surface area (Å²) in [7, 11) is 0. The average Bonchev–Trinajstić information content (AvgIpc) is 2.95. The zero-order valence-corrected chi connectivity index (χ0v) is 12.4. The van der Waals surface area contributed by atoms with Gasteiger partial charge in [-0.15, -0.1) is 0 Å². The van der Waals surface area contributed by atoms with E-state index in [1.165, 1.54) is 0 Å². The van der Waals surface area contributed by atoms with E-state index in [1.54, 1.807) is 24.3 Å². The normalized spacial score (nSPS) is 12.3. The molecule has 6 nitrogen and oxygen atoms in total. The van der Waals surface area contributed by atoms with E-state index in [0.717, 1.165) is 18.5 Å². The van der Waals surface area contributed by atoms with Crippen molar-refractivity contribution in [3.63, 3.8) is 0 Å². The standard InChI is InChI=1S/C15H21N3O3/c1-3-5-13(20-4-2)15-17-14(21-18-15)10-16-11-6-8-12(19)9-7-11/h6-9,13,16,19H,3-5,10H2,1-2H3. The average molecular weight is 291 g/mol. The van der Waals surface area contributed by atoms with Crippen molar-refractivity contribution in [3.8, 4) is 5.75 Å². The van der Waals surface area contributed by atoms with Crippen LogP contribution in [0.2, 0.25) is 0 Å².